The van der Waals surface area contributed by atoms with Crippen LogP contribution in [0.1, 0.15) is 39.5 Å². The molecule has 0 amide bonds. The summed E-state index contributed by atoms with van der Waals surface area (Å²) in [5, 5.41) is 3.94. The second kappa shape index (κ2) is 11.2. The molecule has 0 saturated carbocycles. The molecule has 0 spiro atoms. The highest BCUT2D eigenvalue weighted by Crippen LogP contribution is 2.49. The predicted octanol–water partition coefficient (Wildman–Crippen LogP) is 8.77. The summed E-state index contributed by atoms with van der Waals surface area (Å²) in [6, 6.07) is 22.7. The minimum atomic E-state index is -0.0414. The van der Waals surface area contributed by atoms with Crippen molar-refractivity contribution in [3.8, 4) is 0 Å². The monoisotopic (exact) mass is 551 g/mol. The van der Waals surface area contributed by atoms with E-state index in [1.165, 1.54) is 34.0 Å². The molecule has 0 radical (unpaired) electrons. The molecule has 0 bridgehead atoms. The molecule has 1 aliphatic heterocycles. The third kappa shape index (κ3) is 4.91. The fourth-order valence-corrected chi connectivity index (χ4v) is 7.35. The number of rotatable bonds is 6. The maximum Gasteiger partial charge on any atom is 0.0521 e. The quantitative estimate of drug-likeness (QED) is 0.387. The zero-order valence-electron chi connectivity index (χ0n) is 24.7. The number of para-hydroxylation sites is 2. The highest BCUT2D eigenvalue weighted by molar-refractivity contribution is 5.64. The normalized spacial score (nSPS) is 27.0. The number of nitrogens with one attached hydrogen (secondary N) is 1. The molecule has 4 aliphatic carbocycles. The Morgan fingerprint density at radius 3 is 2.21 bits per heavy atom. The molecule has 42 heavy (non-hydrogen) atoms. The zero-order valence-corrected chi connectivity index (χ0v) is 24.7. The Bertz CT molecular complexity index is 1550. The van der Waals surface area contributed by atoms with Gasteiger partial charge in [0.25, 0.3) is 0 Å². The van der Waals surface area contributed by atoms with Crippen LogP contribution >= 0.6 is 0 Å². The number of hydrogen-bond acceptors (Lipinski definition) is 3. The van der Waals surface area contributed by atoms with Gasteiger partial charge in [0.1, 0.15) is 0 Å². The van der Waals surface area contributed by atoms with Crippen molar-refractivity contribution in [1.29, 1.82) is 0 Å². The third-order valence-electron chi connectivity index (χ3n) is 9.51. The van der Waals surface area contributed by atoms with Crippen molar-refractivity contribution < 1.29 is 0 Å². The molecule has 212 valence electrons. The first-order chi connectivity index (χ1) is 20.6. The van der Waals surface area contributed by atoms with Gasteiger partial charge < -0.3 is 15.1 Å². The summed E-state index contributed by atoms with van der Waals surface area (Å²) in [5.41, 5.74) is 7.71. The van der Waals surface area contributed by atoms with Gasteiger partial charge in [0, 0.05) is 39.8 Å². The lowest BCUT2D eigenvalue weighted by molar-refractivity contribution is 0.246. The van der Waals surface area contributed by atoms with Gasteiger partial charge in [-0.3, -0.25) is 0 Å². The van der Waals surface area contributed by atoms with E-state index in [1.54, 1.807) is 0 Å². The van der Waals surface area contributed by atoms with Crippen LogP contribution in [0.3, 0.4) is 0 Å². The Hall–Kier alpha value is -4.24. The zero-order chi connectivity index (χ0) is 28.5. The van der Waals surface area contributed by atoms with E-state index in [1.807, 2.05) is 0 Å². The summed E-state index contributed by atoms with van der Waals surface area (Å²) in [4.78, 5) is 5.06. The summed E-state index contributed by atoms with van der Waals surface area (Å²) < 4.78 is 0. The number of piperidine rings is 1. The lowest BCUT2D eigenvalue weighted by Crippen LogP contribution is -2.52. The number of anilines is 2. The van der Waals surface area contributed by atoms with Crippen LogP contribution in [0.2, 0.25) is 0 Å². The van der Waals surface area contributed by atoms with Gasteiger partial charge in [-0.15, -0.1) is 0 Å². The standard InChI is InChI=1S/C39H41N3/c1-39(2)35-27-33(41(29-15-7-3-8-16-29)30-17-9-4-10-18-30)23-25-37(35)40-38-26-24-34(28-36(38)39)42(31-19-11-5-12-20-31)32-21-13-6-14-22-32/h3-5,7-13,15-17,19-22,24-28,30,33,36,38,40H,6,14,18,23H2,1-2H3. The Balaban J connectivity index is 1.25. The fraction of sp³-hybridized carbons (Fsp3) is 0.282. The third-order valence-corrected chi connectivity index (χ3v) is 9.51. The number of benzene rings is 2. The molecule has 3 heteroatoms. The second-order valence-corrected chi connectivity index (χ2v) is 12.5. The van der Waals surface area contributed by atoms with Crippen LogP contribution < -0.4 is 15.1 Å². The number of allylic oxidation sites excluding steroid dienone is 7. The van der Waals surface area contributed by atoms with Crippen LogP contribution in [0.15, 0.2) is 156 Å². The van der Waals surface area contributed by atoms with Crippen molar-refractivity contribution in [2.24, 2.45) is 11.3 Å². The van der Waals surface area contributed by atoms with E-state index in [0.717, 1.165) is 25.7 Å². The Morgan fingerprint density at radius 1 is 0.714 bits per heavy atom. The highest BCUT2D eigenvalue weighted by atomic mass is 15.2. The molecule has 1 heterocycles. The summed E-state index contributed by atoms with van der Waals surface area (Å²) in [6.07, 6.45) is 32.5. The van der Waals surface area contributed by atoms with Crippen LogP contribution in [0.5, 0.6) is 0 Å². The molecule has 1 fully saturated rings. The molecule has 1 N–H and O–H groups in total. The maximum atomic E-state index is 3.94. The van der Waals surface area contributed by atoms with Crippen molar-refractivity contribution in [3.63, 3.8) is 0 Å². The molecule has 5 aliphatic rings. The van der Waals surface area contributed by atoms with Crippen molar-refractivity contribution >= 4 is 11.4 Å². The van der Waals surface area contributed by atoms with E-state index >= 15 is 0 Å². The van der Waals surface area contributed by atoms with Crippen LogP contribution in [-0.2, 0) is 0 Å². The molecule has 7 rings (SSSR count). The largest absolute Gasteiger partial charge is 0.378 e. The number of nitrogens with zero attached hydrogens (tertiary/aromatic N) is 2. The fourth-order valence-electron chi connectivity index (χ4n) is 7.35. The van der Waals surface area contributed by atoms with E-state index in [9.17, 15) is 0 Å². The SMILES string of the molecule is CC1(C)C2=CC(N(c3ccccc3)C3C=CC=CC3)CC=C2NC2C=CC(N(C3=CCCC=C3)c3ccccc3)=CC21. The summed E-state index contributed by atoms with van der Waals surface area (Å²) in [6.45, 7) is 4.90. The van der Waals surface area contributed by atoms with Crippen LogP contribution in [-0.4, -0.2) is 18.1 Å². The van der Waals surface area contributed by atoms with Crippen molar-refractivity contribution in [2.75, 3.05) is 9.80 Å². The average molecular weight is 552 g/mol. The lowest BCUT2D eigenvalue weighted by Gasteiger charge is -2.50. The van der Waals surface area contributed by atoms with E-state index in [-0.39, 0.29) is 11.5 Å². The smallest absolute Gasteiger partial charge is 0.0521 e. The van der Waals surface area contributed by atoms with Crippen molar-refractivity contribution in [2.45, 2.75) is 57.7 Å². The summed E-state index contributed by atoms with van der Waals surface area (Å²) in [5.74, 6) is 0.321. The van der Waals surface area contributed by atoms with Crippen LogP contribution in [0.4, 0.5) is 11.4 Å². The minimum absolute atomic E-state index is 0.0414. The Morgan fingerprint density at radius 2 is 1.50 bits per heavy atom. The Labute approximate surface area is 251 Å². The summed E-state index contributed by atoms with van der Waals surface area (Å²) >= 11 is 0. The summed E-state index contributed by atoms with van der Waals surface area (Å²) in [7, 11) is 0. The van der Waals surface area contributed by atoms with Crippen LogP contribution in [0.25, 0.3) is 0 Å². The van der Waals surface area contributed by atoms with Gasteiger partial charge in [-0.1, -0.05) is 111 Å². The molecular formula is C39H41N3. The minimum Gasteiger partial charge on any atom is -0.378 e. The van der Waals surface area contributed by atoms with E-state index in [0.29, 0.717) is 18.0 Å². The molecule has 4 unspecified atom stereocenters. The molecule has 4 atom stereocenters. The number of fused-ring (bicyclic) bond motifs is 2. The van der Waals surface area contributed by atoms with Crippen LogP contribution in [0, 0.1) is 11.3 Å². The lowest BCUT2D eigenvalue weighted by atomic mass is 9.63. The predicted molar refractivity (Wildman–Crippen MR) is 177 cm³/mol. The van der Waals surface area contributed by atoms with E-state index in [2.05, 4.69) is 163 Å². The molecule has 0 aromatic heterocycles. The average Bonchev–Trinajstić information content (AvgIpc) is 3.04. The van der Waals surface area contributed by atoms with E-state index < -0.39 is 0 Å². The second-order valence-electron chi connectivity index (χ2n) is 12.5. The molecule has 2 aromatic rings. The van der Waals surface area contributed by atoms with Crippen molar-refractivity contribution in [1.82, 2.24) is 5.32 Å². The maximum absolute atomic E-state index is 3.94. The van der Waals surface area contributed by atoms with Gasteiger partial charge >= 0.3 is 0 Å². The van der Waals surface area contributed by atoms with E-state index in [4.69, 9.17) is 0 Å². The molecule has 1 saturated heterocycles. The molecular weight excluding hydrogens is 510 g/mol. The van der Waals surface area contributed by atoms with Crippen molar-refractivity contribution in [3.05, 3.63) is 156 Å². The topological polar surface area (TPSA) is 18.5 Å². The van der Waals surface area contributed by atoms with Gasteiger partial charge in [-0.25, -0.2) is 0 Å². The first kappa shape index (κ1) is 26.6. The first-order valence-corrected chi connectivity index (χ1v) is 15.6. The van der Waals surface area contributed by atoms with Gasteiger partial charge in [-0.2, -0.15) is 0 Å². The Kier molecular flexibility index (Phi) is 7.11. The van der Waals surface area contributed by atoms with Gasteiger partial charge in [0.05, 0.1) is 18.1 Å². The first-order valence-electron chi connectivity index (χ1n) is 15.6. The number of hydrogen-bond donors (Lipinski definition) is 1. The molecule has 2 aromatic carbocycles. The highest BCUT2D eigenvalue weighted by Gasteiger charge is 2.45. The van der Waals surface area contributed by atoms with Gasteiger partial charge in [0.2, 0.25) is 0 Å². The van der Waals surface area contributed by atoms with Gasteiger partial charge in [-0.05, 0) is 67.7 Å². The molecule has 3 nitrogen and oxygen atoms in total. The van der Waals surface area contributed by atoms with Gasteiger partial charge in [0.15, 0.2) is 0 Å².